The van der Waals surface area contributed by atoms with Gasteiger partial charge in [-0.05, 0) is 30.2 Å². The highest BCUT2D eigenvalue weighted by Gasteiger charge is 2.22. The van der Waals surface area contributed by atoms with Crippen LogP contribution < -0.4 is 9.64 Å². The van der Waals surface area contributed by atoms with Gasteiger partial charge < -0.3 is 14.7 Å². The molecule has 0 bridgehead atoms. The van der Waals surface area contributed by atoms with Crippen LogP contribution in [-0.4, -0.2) is 30.6 Å². The number of benzene rings is 1. The summed E-state index contributed by atoms with van der Waals surface area (Å²) < 4.78 is 5.06. The summed E-state index contributed by atoms with van der Waals surface area (Å²) >= 11 is 0. The molecule has 1 amide bonds. The number of carbonyl (C=O) groups is 2. The first-order valence-corrected chi connectivity index (χ1v) is 7.09. The molecule has 0 radical (unpaired) electrons. The summed E-state index contributed by atoms with van der Waals surface area (Å²) in [5, 5.41) is 8.55. The predicted molar refractivity (Wildman–Crippen MR) is 81.6 cm³/mol. The molecular weight excluding hydrogens is 270 g/mol. The topological polar surface area (TPSA) is 66.8 Å². The molecule has 5 nitrogen and oxygen atoms in total. The number of anilines is 1. The first-order chi connectivity index (χ1) is 9.86. The fourth-order valence-corrected chi connectivity index (χ4v) is 1.94. The van der Waals surface area contributed by atoms with Crippen LogP contribution in [-0.2, 0) is 9.59 Å². The van der Waals surface area contributed by atoms with Crippen molar-refractivity contribution in [3.63, 3.8) is 0 Å². The van der Waals surface area contributed by atoms with Gasteiger partial charge in [-0.25, -0.2) is 4.79 Å². The maximum atomic E-state index is 12.4. The van der Waals surface area contributed by atoms with Gasteiger partial charge in [-0.2, -0.15) is 0 Å². The van der Waals surface area contributed by atoms with E-state index in [1.165, 1.54) is 0 Å². The zero-order valence-electron chi connectivity index (χ0n) is 13.0. The average Bonchev–Trinajstić information content (AvgIpc) is 2.50. The van der Waals surface area contributed by atoms with Crippen LogP contribution in [0.15, 0.2) is 24.3 Å². The summed E-state index contributed by atoms with van der Waals surface area (Å²) in [5.41, 5.74) is 0.762. The summed E-state index contributed by atoms with van der Waals surface area (Å²) in [5.74, 6) is -0.185. The van der Waals surface area contributed by atoms with Crippen molar-refractivity contribution in [2.24, 2.45) is 11.8 Å². The summed E-state index contributed by atoms with van der Waals surface area (Å²) in [6, 6.07) is 6.82. The number of hydrogen-bond acceptors (Lipinski definition) is 3. The van der Waals surface area contributed by atoms with Crippen molar-refractivity contribution in [1.82, 2.24) is 0 Å². The van der Waals surface area contributed by atoms with Gasteiger partial charge in [0.15, 0.2) is 6.61 Å². The molecular formula is C16H23NO4. The lowest BCUT2D eigenvalue weighted by Gasteiger charge is -2.25. The Kier molecular flexibility index (Phi) is 6.21. The molecule has 0 fully saturated rings. The Hall–Kier alpha value is -2.04. The zero-order valence-corrected chi connectivity index (χ0v) is 13.0. The van der Waals surface area contributed by atoms with Crippen LogP contribution in [0, 0.1) is 11.8 Å². The molecule has 2 unspecified atom stereocenters. The van der Waals surface area contributed by atoms with Gasteiger partial charge in [-0.1, -0.05) is 27.2 Å². The maximum Gasteiger partial charge on any atom is 0.341 e. The Morgan fingerprint density at radius 1 is 1.24 bits per heavy atom. The number of hydrogen-bond donors (Lipinski definition) is 1. The van der Waals surface area contributed by atoms with E-state index >= 15 is 0 Å². The second-order valence-corrected chi connectivity index (χ2v) is 5.25. The molecule has 0 aliphatic carbocycles. The van der Waals surface area contributed by atoms with E-state index in [2.05, 4.69) is 13.8 Å². The maximum absolute atomic E-state index is 12.4. The molecule has 2 atom stereocenters. The lowest BCUT2D eigenvalue weighted by molar-refractivity contribution is -0.139. The van der Waals surface area contributed by atoms with Gasteiger partial charge in [0.2, 0.25) is 5.91 Å². The fraction of sp³-hybridized carbons (Fsp3) is 0.500. The summed E-state index contributed by atoms with van der Waals surface area (Å²) in [6.45, 7) is 5.71. The largest absolute Gasteiger partial charge is 0.482 e. The van der Waals surface area contributed by atoms with Crippen LogP contribution in [0.4, 0.5) is 5.69 Å². The fourth-order valence-electron chi connectivity index (χ4n) is 1.94. The second kappa shape index (κ2) is 7.67. The molecule has 5 heteroatoms. The van der Waals surface area contributed by atoms with Crippen molar-refractivity contribution in [2.45, 2.75) is 27.2 Å². The van der Waals surface area contributed by atoms with Crippen molar-refractivity contribution in [1.29, 1.82) is 0 Å². The molecule has 0 aliphatic heterocycles. The summed E-state index contributed by atoms with van der Waals surface area (Å²) in [7, 11) is 1.74. The van der Waals surface area contributed by atoms with Crippen LogP contribution in [0.1, 0.15) is 27.2 Å². The number of amides is 1. The predicted octanol–water partition coefficient (Wildman–Crippen LogP) is 2.80. The molecule has 116 valence electrons. The standard InChI is InChI=1S/C16H23NO4/c1-5-11(2)12(3)16(20)17(4)13-6-8-14(9-7-13)21-10-15(18)19/h6-9,11-12H,5,10H2,1-4H3,(H,18,19). The highest BCUT2D eigenvalue weighted by Crippen LogP contribution is 2.23. The minimum Gasteiger partial charge on any atom is -0.482 e. The summed E-state index contributed by atoms with van der Waals surface area (Å²) in [4.78, 5) is 24.4. The van der Waals surface area contributed by atoms with E-state index in [0.717, 1.165) is 12.1 Å². The van der Waals surface area contributed by atoms with Crippen molar-refractivity contribution in [3.05, 3.63) is 24.3 Å². The van der Waals surface area contributed by atoms with Crippen LogP contribution in [0.2, 0.25) is 0 Å². The van der Waals surface area contributed by atoms with Crippen molar-refractivity contribution >= 4 is 17.6 Å². The number of rotatable bonds is 7. The lowest BCUT2D eigenvalue weighted by atomic mass is 9.92. The van der Waals surface area contributed by atoms with E-state index < -0.39 is 5.97 Å². The van der Waals surface area contributed by atoms with Gasteiger partial charge >= 0.3 is 5.97 Å². The third kappa shape index (κ3) is 4.77. The number of ether oxygens (including phenoxy) is 1. The number of carboxylic acid groups (broad SMARTS) is 1. The second-order valence-electron chi connectivity index (χ2n) is 5.25. The van der Waals surface area contributed by atoms with E-state index in [9.17, 15) is 9.59 Å². The SMILES string of the molecule is CCC(C)C(C)C(=O)N(C)c1ccc(OCC(=O)O)cc1. The Labute approximate surface area is 125 Å². The molecule has 1 N–H and O–H groups in total. The smallest absolute Gasteiger partial charge is 0.341 e. The molecule has 1 aromatic carbocycles. The van der Waals surface area contributed by atoms with Crippen LogP contribution in [0.25, 0.3) is 0 Å². The average molecular weight is 293 g/mol. The number of aliphatic carboxylic acids is 1. The third-order valence-corrected chi connectivity index (χ3v) is 3.80. The quantitative estimate of drug-likeness (QED) is 0.839. The Morgan fingerprint density at radius 3 is 2.29 bits per heavy atom. The van der Waals surface area contributed by atoms with E-state index in [4.69, 9.17) is 9.84 Å². The number of nitrogens with zero attached hydrogens (tertiary/aromatic N) is 1. The van der Waals surface area contributed by atoms with Gasteiger partial charge in [-0.15, -0.1) is 0 Å². The molecule has 0 saturated heterocycles. The molecule has 0 saturated carbocycles. The van der Waals surface area contributed by atoms with Gasteiger partial charge in [0, 0.05) is 18.7 Å². The van der Waals surface area contributed by atoms with Crippen LogP contribution >= 0.6 is 0 Å². The highest BCUT2D eigenvalue weighted by atomic mass is 16.5. The van der Waals surface area contributed by atoms with E-state index in [-0.39, 0.29) is 18.4 Å². The first-order valence-electron chi connectivity index (χ1n) is 7.09. The molecule has 0 spiro atoms. The molecule has 21 heavy (non-hydrogen) atoms. The number of carboxylic acids is 1. The lowest BCUT2D eigenvalue weighted by Crippen LogP contribution is -2.34. The van der Waals surface area contributed by atoms with Gasteiger partial charge in [0.05, 0.1) is 0 Å². The zero-order chi connectivity index (χ0) is 16.0. The van der Waals surface area contributed by atoms with Crippen LogP contribution in [0.3, 0.4) is 0 Å². The van der Waals surface area contributed by atoms with E-state index in [1.54, 1.807) is 36.2 Å². The van der Waals surface area contributed by atoms with E-state index in [0.29, 0.717) is 11.7 Å². The third-order valence-electron chi connectivity index (χ3n) is 3.80. The van der Waals surface area contributed by atoms with Crippen LogP contribution in [0.5, 0.6) is 5.75 Å². The molecule has 0 aromatic heterocycles. The van der Waals surface area contributed by atoms with Gasteiger partial charge in [-0.3, -0.25) is 4.79 Å². The van der Waals surface area contributed by atoms with Crippen molar-refractivity contribution in [2.75, 3.05) is 18.6 Å². The van der Waals surface area contributed by atoms with Crippen molar-refractivity contribution < 1.29 is 19.4 Å². The monoisotopic (exact) mass is 293 g/mol. The normalized spacial score (nSPS) is 13.3. The van der Waals surface area contributed by atoms with E-state index in [1.807, 2.05) is 6.92 Å². The van der Waals surface area contributed by atoms with Gasteiger partial charge in [0.1, 0.15) is 5.75 Å². The highest BCUT2D eigenvalue weighted by molar-refractivity contribution is 5.94. The molecule has 0 heterocycles. The molecule has 1 rings (SSSR count). The first kappa shape index (κ1) is 17.0. The Balaban J connectivity index is 2.72. The Bertz CT molecular complexity index is 484. The number of carbonyl (C=O) groups excluding carboxylic acids is 1. The summed E-state index contributed by atoms with van der Waals surface area (Å²) in [6.07, 6.45) is 0.961. The Morgan fingerprint density at radius 2 is 1.81 bits per heavy atom. The van der Waals surface area contributed by atoms with Crippen molar-refractivity contribution in [3.8, 4) is 5.75 Å². The molecule has 0 aliphatic rings. The molecule has 1 aromatic rings. The minimum atomic E-state index is -1.02. The van der Waals surface area contributed by atoms with Gasteiger partial charge in [0.25, 0.3) is 0 Å². The minimum absolute atomic E-state index is 0.0389.